The molecule has 3 heteroatoms. The van der Waals surface area contributed by atoms with Gasteiger partial charge in [0.15, 0.2) is 0 Å². The molecule has 1 aromatic rings. The lowest BCUT2D eigenvalue weighted by Gasteiger charge is -2.23. The molecular formula is C14H26N2S. The number of aryl methyl sites for hydroxylation is 1. The van der Waals surface area contributed by atoms with Crippen LogP contribution in [0.25, 0.3) is 0 Å². The Morgan fingerprint density at radius 2 is 2.12 bits per heavy atom. The van der Waals surface area contributed by atoms with Gasteiger partial charge in [0.2, 0.25) is 0 Å². The Morgan fingerprint density at radius 1 is 1.41 bits per heavy atom. The number of hydrogen-bond donors (Lipinski definition) is 2. The van der Waals surface area contributed by atoms with Gasteiger partial charge in [0.1, 0.15) is 0 Å². The summed E-state index contributed by atoms with van der Waals surface area (Å²) in [5.41, 5.74) is 7.84. The highest BCUT2D eigenvalue weighted by Crippen LogP contribution is 2.21. The van der Waals surface area contributed by atoms with Crippen molar-refractivity contribution in [3.63, 3.8) is 0 Å². The molecule has 3 N–H and O–H groups in total. The highest BCUT2D eigenvalue weighted by molar-refractivity contribution is 7.10. The predicted octanol–water partition coefficient (Wildman–Crippen LogP) is 3.30. The van der Waals surface area contributed by atoms with Gasteiger partial charge in [0.25, 0.3) is 0 Å². The second-order valence-electron chi connectivity index (χ2n) is 6.02. The van der Waals surface area contributed by atoms with Crippen molar-refractivity contribution in [2.45, 2.75) is 53.1 Å². The van der Waals surface area contributed by atoms with Crippen LogP contribution in [-0.2, 0) is 6.54 Å². The molecule has 0 saturated heterocycles. The van der Waals surface area contributed by atoms with E-state index >= 15 is 0 Å². The predicted molar refractivity (Wildman–Crippen MR) is 77.4 cm³/mol. The third kappa shape index (κ3) is 6.20. The molecule has 1 rings (SSSR count). The molecule has 1 atom stereocenters. The molecule has 17 heavy (non-hydrogen) atoms. The van der Waals surface area contributed by atoms with E-state index in [1.807, 2.05) is 11.3 Å². The van der Waals surface area contributed by atoms with Gasteiger partial charge in [-0.15, -0.1) is 11.3 Å². The van der Waals surface area contributed by atoms with Crippen molar-refractivity contribution >= 4 is 11.3 Å². The zero-order valence-electron chi connectivity index (χ0n) is 11.5. The molecule has 1 heterocycles. The molecule has 0 aliphatic carbocycles. The number of nitrogens with two attached hydrogens (primary N) is 1. The molecule has 0 aliphatic heterocycles. The minimum atomic E-state index is 0.312. The Bertz CT molecular complexity index is 325. The Labute approximate surface area is 110 Å². The van der Waals surface area contributed by atoms with Crippen molar-refractivity contribution in [2.24, 2.45) is 11.1 Å². The average Bonchev–Trinajstić information content (AvgIpc) is 2.56. The van der Waals surface area contributed by atoms with E-state index in [0.717, 1.165) is 25.9 Å². The van der Waals surface area contributed by atoms with Crippen LogP contribution in [0.5, 0.6) is 0 Å². The lowest BCUT2D eigenvalue weighted by molar-refractivity contribution is 0.329. The molecular weight excluding hydrogens is 228 g/mol. The molecule has 0 bridgehead atoms. The van der Waals surface area contributed by atoms with Crippen LogP contribution < -0.4 is 11.1 Å². The van der Waals surface area contributed by atoms with E-state index in [1.165, 1.54) is 10.4 Å². The zero-order chi connectivity index (χ0) is 12.9. The molecule has 1 unspecified atom stereocenters. The molecule has 98 valence electrons. The maximum Gasteiger partial charge on any atom is 0.0302 e. The molecule has 1 aromatic heterocycles. The molecule has 0 aliphatic rings. The largest absolute Gasteiger partial charge is 0.328 e. The summed E-state index contributed by atoms with van der Waals surface area (Å²) >= 11 is 1.82. The first-order valence-corrected chi connectivity index (χ1v) is 7.26. The van der Waals surface area contributed by atoms with Gasteiger partial charge >= 0.3 is 0 Å². The second-order valence-corrected chi connectivity index (χ2v) is 7.02. The summed E-state index contributed by atoms with van der Waals surface area (Å²) in [6, 6.07) is 2.49. The van der Waals surface area contributed by atoms with E-state index in [-0.39, 0.29) is 0 Å². The maximum absolute atomic E-state index is 6.11. The lowest BCUT2D eigenvalue weighted by Crippen LogP contribution is -2.30. The first-order valence-electron chi connectivity index (χ1n) is 6.38. The fourth-order valence-corrected chi connectivity index (χ4v) is 2.84. The van der Waals surface area contributed by atoms with Gasteiger partial charge in [0.05, 0.1) is 0 Å². The summed E-state index contributed by atoms with van der Waals surface area (Å²) in [4.78, 5) is 1.44. The number of thiophene rings is 1. The summed E-state index contributed by atoms with van der Waals surface area (Å²) in [5.74, 6) is 0. The minimum absolute atomic E-state index is 0.312. The van der Waals surface area contributed by atoms with Crippen molar-refractivity contribution in [1.82, 2.24) is 5.32 Å². The quantitative estimate of drug-likeness (QED) is 0.764. The summed E-state index contributed by atoms with van der Waals surface area (Å²) in [7, 11) is 0. The Balaban J connectivity index is 2.14. The van der Waals surface area contributed by atoms with Crippen molar-refractivity contribution in [3.05, 3.63) is 21.9 Å². The number of nitrogens with one attached hydrogen (secondary N) is 1. The topological polar surface area (TPSA) is 38.0 Å². The lowest BCUT2D eigenvalue weighted by atomic mass is 9.87. The van der Waals surface area contributed by atoms with E-state index in [9.17, 15) is 0 Å². The highest BCUT2D eigenvalue weighted by Gasteiger charge is 2.15. The van der Waals surface area contributed by atoms with Gasteiger partial charge in [-0.3, -0.25) is 0 Å². The van der Waals surface area contributed by atoms with E-state index < -0.39 is 0 Å². The molecule has 2 nitrogen and oxygen atoms in total. The minimum Gasteiger partial charge on any atom is -0.328 e. The molecule has 0 fully saturated rings. The van der Waals surface area contributed by atoms with E-state index in [4.69, 9.17) is 5.73 Å². The van der Waals surface area contributed by atoms with Gasteiger partial charge < -0.3 is 11.1 Å². The molecule has 0 aromatic carbocycles. The van der Waals surface area contributed by atoms with Crippen LogP contribution in [0.3, 0.4) is 0 Å². The Kier molecular flexibility index (Phi) is 5.63. The van der Waals surface area contributed by atoms with Crippen LogP contribution in [0.1, 0.15) is 44.1 Å². The molecule has 0 radical (unpaired) electrons. The highest BCUT2D eigenvalue weighted by atomic mass is 32.1. The Morgan fingerprint density at radius 3 is 2.65 bits per heavy atom. The van der Waals surface area contributed by atoms with Crippen molar-refractivity contribution < 1.29 is 0 Å². The average molecular weight is 254 g/mol. The van der Waals surface area contributed by atoms with Crippen molar-refractivity contribution in [1.29, 1.82) is 0 Å². The number of hydrogen-bond acceptors (Lipinski definition) is 3. The van der Waals surface area contributed by atoms with Gasteiger partial charge in [-0.1, -0.05) is 20.8 Å². The van der Waals surface area contributed by atoms with Crippen LogP contribution in [-0.4, -0.2) is 12.6 Å². The fraction of sp³-hybridized carbons (Fsp3) is 0.714. The van der Waals surface area contributed by atoms with E-state index in [2.05, 4.69) is 44.5 Å². The smallest absolute Gasteiger partial charge is 0.0302 e. The summed E-state index contributed by atoms with van der Waals surface area (Å²) in [5, 5.41) is 5.63. The zero-order valence-corrected chi connectivity index (χ0v) is 12.4. The normalized spacial score (nSPS) is 13.9. The van der Waals surface area contributed by atoms with Crippen LogP contribution in [0.2, 0.25) is 0 Å². The van der Waals surface area contributed by atoms with E-state index in [0.29, 0.717) is 11.5 Å². The monoisotopic (exact) mass is 254 g/mol. The molecule has 0 spiro atoms. The second kappa shape index (κ2) is 6.53. The van der Waals surface area contributed by atoms with Gasteiger partial charge in [-0.25, -0.2) is 0 Å². The van der Waals surface area contributed by atoms with Gasteiger partial charge in [-0.2, -0.15) is 0 Å². The summed E-state index contributed by atoms with van der Waals surface area (Å²) in [6.07, 6.45) is 2.15. The molecule has 0 saturated carbocycles. The van der Waals surface area contributed by atoms with E-state index in [1.54, 1.807) is 0 Å². The number of rotatable bonds is 6. The standard InChI is InChI=1S/C14H26N2S/c1-11-6-8-17-13(11)10-16-7-5-12(15)9-14(2,3)4/h6,8,12,16H,5,7,9-10,15H2,1-4H3. The van der Waals surface area contributed by atoms with Crippen LogP contribution in [0, 0.1) is 12.3 Å². The summed E-state index contributed by atoms with van der Waals surface area (Å²) < 4.78 is 0. The van der Waals surface area contributed by atoms with Gasteiger partial charge in [0, 0.05) is 17.5 Å². The SMILES string of the molecule is Cc1ccsc1CNCCC(N)CC(C)(C)C. The maximum atomic E-state index is 6.11. The first kappa shape index (κ1) is 14.7. The van der Waals surface area contributed by atoms with Crippen molar-refractivity contribution in [3.8, 4) is 0 Å². The fourth-order valence-electron chi connectivity index (χ4n) is 1.96. The van der Waals surface area contributed by atoms with Crippen LogP contribution in [0.4, 0.5) is 0 Å². The van der Waals surface area contributed by atoms with Crippen LogP contribution in [0.15, 0.2) is 11.4 Å². The Hall–Kier alpha value is -0.380. The molecule has 0 amide bonds. The van der Waals surface area contributed by atoms with Crippen LogP contribution >= 0.6 is 11.3 Å². The van der Waals surface area contributed by atoms with Crippen molar-refractivity contribution in [2.75, 3.05) is 6.54 Å². The summed E-state index contributed by atoms with van der Waals surface area (Å²) in [6.45, 7) is 10.9. The van der Waals surface area contributed by atoms with Gasteiger partial charge in [-0.05, 0) is 48.7 Å². The first-order chi connectivity index (χ1) is 7.88. The third-order valence-corrected chi connectivity index (χ3v) is 3.84. The third-order valence-electron chi connectivity index (χ3n) is 2.82.